The van der Waals surface area contributed by atoms with Crippen LogP contribution in [0.25, 0.3) is 0 Å². The maximum atomic E-state index is 11.6. The zero-order valence-electron chi connectivity index (χ0n) is 10.1. The molecule has 4 nitrogen and oxygen atoms in total. The molecule has 0 amide bonds. The average Bonchev–Trinajstić information content (AvgIpc) is 2.00. The van der Waals surface area contributed by atoms with Crippen molar-refractivity contribution >= 4 is 10.0 Å². The Kier molecular flexibility index (Phi) is 3.79. The molecular formula is C10H22N2O2S. The monoisotopic (exact) mass is 234 g/mol. The molecule has 1 N–H and O–H groups in total. The number of hydrogen-bond donors (Lipinski definition) is 1. The summed E-state index contributed by atoms with van der Waals surface area (Å²) in [5.41, 5.74) is 0.0575. The smallest absolute Gasteiger partial charge is 0.213 e. The van der Waals surface area contributed by atoms with E-state index < -0.39 is 10.0 Å². The van der Waals surface area contributed by atoms with Crippen LogP contribution in [0.2, 0.25) is 0 Å². The van der Waals surface area contributed by atoms with Gasteiger partial charge in [-0.2, -0.15) is 0 Å². The number of nitrogens with zero attached hydrogens (tertiary/aromatic N) is 1. The van der Waals surface area contributed by atoms with E-state index in [-0.39, 0.29) is 10.8 Å². The predicted octanol–water partition coefficient (Wildman–Crippen LogP) is 0.798. The van der Waals surface area contributed by atoms with Crippen molar-refractivity contribution in [2.75, 3.05) is 20.6 Å². The Hall–Kier alpha value is -0.130. The van der Waals surface area contributed by atoms with E-state index in [1.165, 1.54) is 6.42 Å². The van der Waals surface area contributed by atoms with E-state index in [9.17, 15) is 8.42 Å². The predicted molar refractivity (Wildman–Crippen MR) is 62.3 cm³/mol. The molecular weight excluding hydrogens is 212 g/mol. The first-order valence-electron chi connectivity index (χ1n) is 5.46. The zero-order valence-corrected chi connectivity index (χ0v) is 10.9. The highest BCUT2D eigenvalue weighted by molar-refractivity contribution is 7.90. The van der Waals surface area contributed by atoms with Gasteiger partial charge in [0.25, 0.3) is 0 Å². The molecule has 1 aliphatic carbocycles. The fraction of sp³-hybridized carbons (Fsp3) is 1.00. The molecule has 90 valence electrons. The van der Waals surface area contributed by atoms with Crippen molar-refractivity contribution in [1.82, 2.24) is 9.62 Å². The summed E-state index contributed by atoms with van der Waals surface area (Å²) in [6.07, 6.45) is 3.36. The molecule has 1 saturated carbocycles. The summed E-state index contributed by atoms with van der Waals surface area (Å²) >= 11 is 0. The molecule has 1 fully saturated rings. The van der Waals surface area contributed by atoms with Crippen LogP contribution in [0.4, 0.5) is 0 Å². The molecule has 0 aromatic rings. The molecule has 0 radical (unpaired) electrons. The van der Waals surface area contributed by atoms with Crippen LogP contribution in [-0.2, 0) is 10.0 Å². The van der Waals surface area contributed by atoms with Gasteiger partial charge in [0.1, 0.15) is 0 Å². The summed E-state index contributed by atoms with van der Waals surface area (Å²) in [6.45, 7) is 3.94. The third-order valence-corrected chi connectivity index (χ3v) is 5.24. The van der Waals surface area contributed by atoms with Gasteiger partial charge in [-0.15, -0.1) is 0 Å². The van der Waals surface area contributed by atoms with Crippen molar-refractivity contribution in [3.63, 3.8) is 0 Å². The van der Waals surface area contributed by atoms with Crippen molar-refractivity contribution in [1.29, 1.82) is 0 Å². The van der Waals surface area contributed by atoms with Crippen molar-refractivity contribution < 1.29 is 8.42 Å². The van der Waals surface area contributed by atoms with Gasteiger partial charge in [0.05, 0.1) is 5.25 Å². The van der Waals surface area contributed by atoms with Crippen LogP contribution in [0, 0.1) is 0 Å². The van der Waals surface area contributed by atoms with Crippen LogP contribution >= 0.6 is 0 Å². The molecule has 0 aliphatic heterocycles. The standard InChI is InChI=1S/C10H22N2O2S/c1-9(2)15(13,14)11-8-10(12(3)4)6-5-7-10/h9,11H,5-8H2,1-4H3. The van der Waals surface area contributed by atoms with E-state index in [1.54, 1.807) is 13.8 Å². The average molecular weight is 234 g/mol. The van der Waals surface area contributed by atoms with Crippen molar-refractivity contribution in [2.24, 2.45) is 0 Å². The SMILES string of the molecule is CC(C)S(=O)(=O)NCC1(N(C)C)CCC1. The zero-order chi connectivity index (χ0) is 11.7. The van der Waals surface area contributed by atoms with Crippen LogP contribution in [0.15, 0.2) is 0 Å². The Morgan fingerprint density at radius 3 is 2.13 bits per heavy atom. The highest BCUT2D eigenvalue weighted by atomic mass is 32.2. The number of nitrogens with one attached hydrogen (secondary N) is 1. The molecule has 0 unspecified atom stereocenters. The van der Waals surface area contributed by atoms with Crippen LogP contribution in [0.1, 0.15) is 33.1 Å². The van der Waals surface area contributed by atoms with Crippen LogP contribution in [0.3, 0.4) is 0 Å². The van der Waals surface area contributed by atoms with Gasteiger partial charge < -0.3 is 4.90 Å². The Labute approximate surface area is 93.1 Å². The van der Waals surface area contributed by atoms with Gasteiger partial charge in [-0.05, 0) is 47.2 Å². The second-order valence-corrected chi connectivity index (χ2v) is 7.21. The highest BCUT2D eigenvalue weighted by Gasteiger charge is 2.39. The Balaban J connectivity index is 2.56. The molecule has 1 aliphatic rings. The molecule has 0 saturated heterocycles. The second-order valence-electron chi connectivity index (χ2n) is 4.89. The van der Waals surface area contributed by atoms with E-state index in [0.29, 0.717) is 6.54 Å². The first kappa shape index (κ1) is 12.9. The van der Waals surface area contributed by atoms with Gasteiger partial charge in [0, 0.05) is 12.1 Å². The quantitative estimate of drug-likeness (QED) is 0.765. The Morgan fingerprint density at radius 1 is 1.33 bits per heavy atom. The maximum Gasteiger partial charge on any atom is 0.213 e. The van der Waals surface area contributed by atoms with Crippen molar-refractivity contribution in [2.45, 2.75) is 43.9 Å². The first-order valence-corrected chi connectivity index (χ1v) is 7.01. The topological polar surface area (TPSA) is 49.4 Å². The summed E-state index contributed by atoms with van der Waals surface area (Å²) in [6, 6.07) is 0. The normalized spacial score (nSPS) is 20.7. The molecule has 1 rings (SSSR count). The van der Waals surface area contributed by atoms with Gasteiger partial charge >= 0.3 is 0 Å². The summed E-state index contributed by atoms with van der Waals surface area (Å²) in [5.74, 6) is 0. The van der Waals surface area contributed by atoms with Crippen LogP contribution in [-0.4, -0.2) is 44.7 Å². The molecule has 15 heavy (non-hydrogen) atoms. The van der Waals surface area contributed by atoms with E-state index >= 15 is 0 Å². The fourth-order valence-electron chi connectivity index (χ4n) is 1.77. The molecule has 0 aromatic heterocycles. The molecule has 0 atom stereocenters. The third kappa shape index (κ3) is 2.71. The minimum absolute atomic E-state index is 0.0575. The molecule has 0 heterocycles. The van der Waals surface area contributed by atoms with Gasteiger partial charge in [-0.3, -0.25) is 0 Å². The maximum absolute atomic E-state index is 11.6. The Morgan fingerprint density at radius 2 is 1.87 bits per heavy atom. The number of sulfonamides is 1. The van der Waals surface area contributed by atoms with Gasteiger partial charge in [0.2, 0.25) is 10.0 Å². The number of rotatable bonds is 5. The third-order valence-electron chi connectivity index (χ3n) is 3.46. The lowest BCUT2D eigenvalue weighted by molar-refractivity contribution is 0.0656. The fourth-order valence-corrected chi connectivity index (χ4v) is 2.57. The van der Waals surface area contributed by atoms with Crippen LogP contribution < -0.4 is 4.72 Å². The van der Waals surface area contributed by atoms with Crippen molar-refractivity contribution in [3.05, 3.63) is 0 Å². The molecule has 0 aromatic carbocycles. The Bertz CT molecular complexity index is 305. The highest BCUT2D eigenvalue weighted by Crippen LogP contribution is 2.35. The molecule has 5 heteroatoms. The van der Waals surface area contributed by atoms with Crippen LogP contribution in [0.5, 0.6) is 0 Å². The number of hydrogen-bond acceptors (Lipinski definition) is 3. The summed E-state index contributed by atoms with van der Waals surface area (Å²) < 4.78 is 25.9. The second kappa shape index (κ2) is 4.39. The number of likely N-dealkylation sites (N-methyl/N-ethyl adjacent to an activating group) is 1. The van der Waals surface area contributed by atoms with E-state index in [4.69, 9.17) is 0 Å². The molecule has 0 spiro atoms. The van der Waals surface area contributed by atoms with E-state index in [0.717, 1.165) is 12.8 Å². The first-order chi connectivity index (χ1) is 6.80. The lowest BCUT2D eigenvalue weighted by atomic mass is 9.76. The minimum Gasteiger partial charge on any atom is -0.302 e. The molecule has 0 bridgehead atoms. The summed E-state index contributed by atoms with van der Waals surface area (Å²) in [4.78, 5) is 2.14. The van der Waals surface area contributed by atoms with Gasteiger partial charge in [-0.25, -0.2) is 13.1 Å². The lowest BCUT2D eigenvalue weighted by Crippen LogP contribution is -2.57. The van der Waals surface area contributed by atoms with Gasteiger partial charge in [0.15, 0.2) is 0 Å². The van der Waals surface area contributed by atoms with Gasteiger partial charge in [-0.1, -0.05) is 0 Å². The lowest BCUT2D eigenvalue weighted by Gasteiger charge is -2.47. The summed E-state index contributed by atoms with van der Waals surface area (Å²) in [5, 5.41) is -0.350. The van der Waals surface area contributed by atoms with E-state index in [1.807, 2.05) is 14.1 Å². The van der Waals surface area contributed by atoms with E-state index in [2.05, 4.69) is 9.62 Å². The largest absolute Gasteiger partial charge is 0.302 e. The summed E-state index contributed by atoms with van der Waals surface area (Å²) in [7, 11) is 0.916. The van der Waals surface area contributed by atoms with Crippen molar-refractivity contribution in [3.8, 4) is 0 Å². The minimum atomic E-state index is -3.12.